The highest BCUT2D eigenvalue weighted by molar-refractivity contribution is 9.10. The molecular weight excluding hydrogens is 308 g/mol. The summed E-state index contributed by atoms with van der Waals surface area (Å²) in [6.45, 7) is 4.51. The molecule has 0 bridgehead atoms. The lowest BCUT2D eigenvalue weighted by molar-refractivity contribution is 0.256. The average Bonchev–Trinajstić information content (AvgIpc) is 2.86. The second kappa shape index (κ2) is 6.21. The van der Waals surface area contributed by atoms with Gasteiger partial charge in [0.15, 0.2) is 0 Å². The van der Waals surface area contributed by atoms with E-state index in [1.807, 2.05) is 35.1 Å². The minimum Gasteiger partial charge on any atom is -0.487 e. The Morgan fingerprint density at radius 2 is 2.16 bits per heavy atom. The Morgan fingerprint density at radius 1 is 1.37 bits per heavy atom. The molecule has 1 N–H and O–H groups in total. The number of aliphatic hydroxyl groups excluding tert-OH is 1. The zero-order valence-electron chi connectivity index (χ0n) is 11.0. The van der Waals surface area contributed by atoms with Crippen LogP contribution in [0.2, 0.25) is 0 Å². The molecule has 0 fully saturated rings. The number of benzene rings is 1. The minimum absolute atomic E-state index is 0.0464. The summed E-state index contributed by atoms with van der Waals surface area (Å²) in [6, 6.07) is 7.87. The summed E-state index contributed by atoms with van der Waals surface area (Å²) in [5.74, 6) is 0.685. The van der Waals surface area contributed by atoms with Gasteiger partial charge in [0.1, 0.15) is 12.4 Å². The fraction of sp³-hybridized carbons (Fsp3) is 0.357. The smallest absolute Gasteiger partial charge is 0.132 e. The van der Waals surface area contributed by atoms with Crippen molar-refractivity contribution in [3.8, 4) is 5.75 Å². The van der Waals surface area contributed by atoms with Crippen LogP contribution in [0.15, 0.2) is 34.9 Å². The first-order valence-corrected chi connectivity index (χ1v) is 6.95. The highest BCUT2D eigenvalue weighted by Crippen LogP contribution is 2.24. The molecule has 0 amide bonds. The Kier molecular flexibility index (Phi) is 4.61. The lowest BCUT2D eigenvalue weighted by Crippen LogP contribution is -2.04. The topological polar surface area (TPSA) is 47.3 Å². The zero-order valence-corrected chi connectivity index (χ0v) is 12.6. The molecule has 0 aliphatic heterocycles. The Bertz CT molecular complexity index is 552. The molecule has 19 heavy (non-hydrogen) atoms. The van der Waals surface area contributed by atoms with Crippen molar-refractivity contribution in [3.63, 3.8) is 0 Å². The second-order valence-corrected chi connectivity index (χ2v) is 5.50. The van der Waals surface area contributed by atoms with Crippen molar-refractivity contribution in [1.29, 1.82) is 0 Å². The monoisotopic (exact) mass is 324 g/mol. The third kappa shape index (κ3) is 3.58. The summed E-state index contributed by atoms with van der Waals surface area (Å²) in [7, 11) is 0. The standard InChI is InChI=1S/C14H17BrN2O2/c1-10(2)17-6-5-13(16-17)9-19-14-4-3-12(15)7-11(14)8-18/h3-7,10,18H,8-9H2,1-2H3. The van der Waals surface area contributed by atoms with E-state index in [1.165, 1.54) is 0 Å². The van der Waals surface area contributed by atoms with Crippen LogP contribution in [-0.4, -0.2) is 14.9 Å². The van der Waals surface area contributed by atoms with E-state index < -0.39 is 0 Å². The summed E-state index contributed by atoms with van der Waals surface area (Å²) in [5.41, 5.74) is 1.64. The predicted octanol–water partition coefficient (Wildman–Crippen LogP) is 3.30. The normalized spacial score (nSPS) is 11.0. The molecule has 0 aliphatic rings. The maximum atomic E-state index is 9.30. The largest absolute Gasteiger partial charge is 0.487 e. The molecule has 0 unspecified atom stereocenters. The van der Waals surface area contributed by atoms with Crippen molar-refractivity contribution in [2.75, 3.05) is 0 Å². The summed E-state index contributed by atoms with van der Waals surface area (Å²) < 4.78 is 8.53. The fourth-order valence-electron chi connectivity index (χ4n) is 1.71. The first-order chi connectivity index (χ1) is 9.10. The van der Waals surface area contributed by atoms with E-state index in [4.69, 9.17) is 4.74 Å². The molecule has 0 atom stereocenters. The number of nitrogens with zero attached hydrogens (tertiary/aromatic N) is 2. The van der Waals surface area contributed by atoms with Gasteiger partial charge in [0, 0.05) is 22.3 Å². The Hall–Kier alpha value is -1.33. The molecule has 4 nitrogen and oxygen atoms in total. The van der Waals surface area contributed by atoms with E-state index in [9.17, 15) is 5.11 Å². The zero-order chi connectivity index (χ0) is 13.8. The van der Waals surface area contributed by atoms with Gasteiger partial charge in [-0.25, -0.2) is 0 Å². The van der Waals surface area contributed by atoms with Crippen molar-refractivity contribution >= 4 is 15.9 Å². The van der Waals surface area contributed by atoms with Crippen LogP contribution in [0.4, 0.5) is 0 Å². The third-order valence-electron chi connectivity index (χ3n) is 2.76. The first-order valence-electron chi connectivity index (χ1n) is 6.16. The predicted molar refractivity (Wildman–Crippen MR) is 77.0 cm³/mol. The number of hydrogen-bond donors (Lipinski definition) is 1. The molecule has 1 aromatic carbocycles. The molecule has 1 aromatic heterocycles. The number of aliphatic hydroxyl groups is 1. The lowest BCUT2D eigenvalue weighted by atomic mass is 10.2. The van der Waals surface area contributed by atoms with Gasteiger partial charge in [-0.1, -0.05) is 15.9 Å². The molecule has 0 saturated carbocycles. The van der Waals surface area contributed by atoms with Crippen molar-refractivity contribution in [2.24, 2.45) is 0 Å². The molecular formula is C14H17BrN2O2. The van der Waals surface area contributed by atoms with Crippen LogP contribution in [0.3, 0.4) is 0 Å². The summed E-state index contributed by atoms with van der Waals surface area (Å²) in [6.07, 6.45) is 1.94. The van der Waals surface area contributed by atoms with Crippen LogP contribution in [0.1, 0.15) is 31.1 Å². The van der Waals surface area contributed by atoms with Crippen molar-refractivity contribution < 1.29 is 9.84 Å². The van der Waals surface area contributed by atoms with E-state index in [1.54, 1.807) is 0 Å². The molecule has 2 rings (SSSR count). The highest BCUT2D eigenvalue weighted by Gasteiger charge is 2.06. The maximum absolute atomic E-state index is 9.30. The van der Waals surface area contributed by atoms with E-state index in [0.29, 0.717) is 18.4 Å². The minimum atomic E-state index is -0.0464. The van der Waals surface area contributed by atoms with E-state index >= 15 is 0 Å². The van der Waals surface area contributed by atoms with Gasteiger partial charge in [0.25, 0.3) is 0 Å². The number of hydrogen-bond acceptors (Lipinski definition) is 3. The highest BCUT2D eigenvalue weighted by atomic mass is 79.9. The van der Waals surface area contributed by atoms with Crippen LogP contribution >= 0.6 is 15.9 Å². The van der Waals surface area contributed by atoms with Gasteiger partial charge in [0.2, 0.25) is 0 Å². The first kappa shape index (κ1) is 14.1. The quantitative estimate of drug-likeness (QED) is 0.917. The second-order valence-electron chi connectivity index (χ2n) is 4.58. The molecule has 0 saturated heterocycles. The van der Waals surface area contributed by atoms with Crippen LogP contribution in [-0.2, 0) is 13.2 Å². The summed E-state index contributed by atoms with van der Waals surface area (Å²) in [5, 5.41) is 13.7. The number of ether oxygens (including phenoxy) is 1. The number of halogens is 1. The van der Waals surface area contributed by atoms with E-state index in [-0.39, 0.29) is 6.61 Å². The lowest BCUT2D eigenvalue weighted by Gasteiger charge is -2.09. The van der Waals surface area contributed by atoms with Gasteiger partial charge < -0.3 is 9.84 Å². The van der Waals surface area contributed by atoms with Crippen LogP contribution in [0.5, 0.6) is 5.75 Å². The van der Waals surface area contributed by atoms with Gasteiger partial charge in [0.05, 0.1) is 12.3 Å². The Morgan fingerprint density at radius 3 is 2.79 bits per heavy atom. The van der Waals surface area contributed by atoms with Gasteiger partial charge in [-0.3, -0.25) is 4.68 Å². The fourth-order valence-corrected chi connectivity index (χ4v) is 2.11. The Labute approximate surface area is 121 Å². The molecule has 0 aliphatic carbocycles. The van der Waals surface area contributed by atoms with E-state index in [2.05, 4.69) is 34.9 Å². The third-order valence-corrected chi connectivity index (χ3v) is 3.25. The van der Waals surface area contributed by atoms with Gasteiger partial charge in [-0.15, -0.1) is 0 Å². The summed E-state index contributed by atoms with van der Waals surface area (Å²) in [4.78, 5) is 0. The van der Waals surface area contributed by atoms with Crippen LogP contribution in [0.25, 0.3) is 0 Å². The van der Waals surface area contributed by atoms with Crippen LogP contribution in [0, 0.1) is 0 Å². The number of aromatic nitrogens is 2. The van der Waals surface area contributed by atoms with Crippen molar-refractivity contribution in [3.05, 3.63) is 46.2 Å². The molecule has 102 valence electrons. The Balaban J connectivity index is 2.05. The molecule has 0 spiro atoms. The molecule has 5 heteroatoms. The number of rotatable bonds is 5. The maximum Gasteiger partial charge on any atom is 0.132 e. The van der Waals surface area contributed by atoms with Gasteiger partial charge >= 0.3 is 0 Å². The summed E-state index contributed by atoms with van der Waals surface area (Å²) >= 11 is 3.37. The van der Waals surface area contributed by atoms with Gasteiger partial charge in [-0.2, -0.15) is 5.10 Å². The average molecular weight is 325 g/mol. The SMILES string of the molecule is CC(C)n1ccc(COc2ccc(Br)cc2CO)n1. The molecule has 1 heterocycles. The van der Waals surface area contributed by atoms with Crippen LogP contribution < -0.4 is 4.74 Å². The van der Waals surface area contributed by atoms with Crippen molar-refractivity contribution in [1.82, 2.24) is 9.78 Å². The van der Waals surface area contributed by atoms with E-state index in [0.717, 1.165) is 15.7 Å². The van der Waals surface area contributed by atoms with Gasteiger partial charge in [-0.05, 0) is 38.1 Å². The van der Waals surface area contributed by atoms with Crippen molar-refractivity contribution in [2.45, 2.75) is 33.1 Å². The molecule has 2 aromatic rings. The molecule has 0 radical (unpaired) electrons.